The molecule has 0 rings (SSSR count). The van der Waals surface area contributed by atoms with E-state index in [1.807, 2.05) is 0 Å². The lowest BCUT2D eigenvalue weighted by atomic mass is 11.2. The molecular weight excluding hydrogens is 158 g/mol. The molecular formula is C2BrClF. The Bertz CT molecular complexity index is 47.6. The fourth-order valence-electron chi connectivity index (χ4n) is 0. The molecule has 0 aromatic rings. The Morgan fingerprint density at radius 3 is 2.20 bits per heavy atom. The second-order valence-corrected chi connectivity index (χ2v) is 1.24. The predicted molar refractivity (Wildman–Crippen MR) is 22.6 cm³/mol. The summed E-state index contributed by atoms with van der Waals surface area (Å²) in [7, 11) is 0. The molecule has 0 atom stereocenters. The minimum atomic E-state index is -0.667. The van der Waals surface area contributed by atoms with Crippen molar-refractivity contribution in [3.05, 3.63) is 10.3 Å². The first-order chi connectivity index (χ1) is 2.27. The van der Waals surface area contributed by atoms with Crippen LogP contribution in [0.5, 0.6) is 0 Å². The van der Waals surface area contributed by atoms with Gasteiger partial charge in [-0.15, -0.1) is 0 Å². The molecule has 0 saturated carbocycles. The van der Waals surface area contributed by atoms with E-state index < -0.39 is 4.74 Å². The first-order valence-corrected chi connectivity index (χ1v) is 1.99. The van der Waals surface area contributed by atoms with E-state index in [1.54, 1.807) is 5.54 Å². The Balaban J connectivity index is 3.14. The van der Waals surface area contributed by atoms with Gasteiger partial charge in [0.25, 0.3) is 0 Å². The average Bonchev–Trinajstić information content (AvgIpc) is 1.38. The minimum Gasteiger partial charge on any atom is -0.197 e. The highest BCUT2D eigenvalue weighted by Gasteiger charge is 1.74. The predicted octanol–water partition coefficient (Wildman–Crippen LogP) is 2.19. The van der Waals surface area contributed by atoms with Crippen LogP contribution in [-0.4, -0.2) is 0 Å². The summed E-state index contributed by atoms with van der Waals surface area (Å²) in [6.07, 6.45) is 0. The molecule has 0 spiro atoms. The molecule has 0 unspecified atom stereocenters. The largest absolute Gasteiger partial charge is 0.197 e. The molecule has 0 aromatic carbocycles. The molecule has 3 heteroatoms. The van der Waals surface area contributed by atoms with Gasteiger partial charge in [-0.25, -0.2) is 0 Å². The zero-order valence-corrected chi connectivity index (χ0v) is 4.48. The van der Waals surface area contributed by atoms with Crippen LogP contribution in [0.15, 0.2) is 4.74 Å². The van der Waals surface area contributed by atoms with Crippen LogP contribution in [0.2, 0.25) is 0 Å². The molecule has 5 heavy (non-hydrogen) atoms. The zero-order chi connectivity index (χ0) is 4.28. The topological polar surface area (TPSA) is 0 Å². The average molecular weight is 158 g/mol. The van der Waals surface area contributed by atoms with E-state index in [0.717, 1.165) is 0 Å². The van der Waals surface area contributed by atoms with Crippen molar-refractivity contribution in [3.8, 4) is 0 Å². The number of halogens is 3. The summed E-state index contributed by atoms with van der Waals surface area (Å²) >= 11 is 7.01. The lowest BCUT2D eigenvalue weighted by Crippen LogP contribution is -1.37. The monoisotopic (exact) mass is 157 g/mol. The van der Waals surface area contributed by atoms with Crippen molar-refractivity contribution < 1.29 is 4.39 Å². The maximum atomic E-state index is 11.0. The molecule has 1 radical (unpaired) electrons. The van der Waals surface area contributed by atoms with Crippen LogP contribution >= 0.6 is 27.5 Å². The maximum absolute atomic E-state index is 11.0. The molecule has 0 amide bonds. The summed E-state index contributed by atoms with van der Waals surface area (Å²) in [6.45, 7) is 0. The highest BCUT2D eigenvalue weighted by molar-refractivity contribution is 9.11. The van der Waals surface area contributed by atoms with Crippen LogP contribution in [0.25, 0.3) is 0 Å². The van der Waals surface area contributed by atoms with Crippen molar-refractivity contribution in [3.63, 3.8) is 0 Å². The van der Waals surface area contributed by atoms with Gasteiger partial charge in [0.05, 0.1) is 0 Å². The molecule has 0 aliphatic rings. The molecule has 0 heterocycles. The Morgan fingerprint density at radius 1 is 2.00 bits per heavy atom. The molecule has 0 N–H and O–H groups in total. The van der Waals surface area contributed by atoms with Crippen LogP contribution in [0, 0.1) is 5.54 Å². The first kappa shape index (κ1) is 5.44. The van der Waals surface area contributed by atoms with Gasteiger partial charge in [-0.2, -0.15) is 4.39 Å². The normalized spacial score (nSPS) is 12.2. The summed E-state index contributed by atoms with van der Waals surface area (Å²) in [6, 6.07) is 0. The smallest absolute Gasteiger partial charge is 0.185 e. The third-order valence-corrected chi connectivity index (χ3v) is 0.664. The molecule has 29 valence electrons. The van der Waals surface area contributed by atoms with Gasteiger partial charge in [-0.05, 0) is 15.9 Å². The fourth-order valence-corrected chi connectivity index (χ4v) is 0. The van der Waals surface area contributed by atoms with E-state index in [4.69, 9.17) is 0 Å². The van der Waals surface area contributed by atoms with E-state index in [0.29, 0.717) is 0 Å². The van der Waals surface area contributed by atoms with Gasteiger partial charge >= 0.3 is 0 Å². The van der Waals surface area contributed by atoms with Gasteiger partial charge in [-0.1, -0.05) is 11.6 Å². The minimum absolute atomic E-state index is 0.667. The second-order valence-electron chi connectivity index (χ2n) is 0.355. The fraction of sp³-hybridized carbons (Fsp3) is 0. The van der Waals surface area contributed by atoms with E-state index >= 15 is 0 Å². The lowest BCUT2D eigenvalue weighted by molar-refractivity contribution is 0.704. The molecule has 0 aliphatic carbocycles. The third kappa shape index (κ3) is 4.44. The molecule has 0 saturated heterocycles. The summed E-state index contributed by atoms with van der Waals surface area (Å²) < 4.78 is 10.4. The Morgan fingerprint density at radius 2 is 2.20 bits per heavy atom. The number of hydrogen-bond acceptors (Lipinski definition) is 0. The molecule has 0 aliphatic heterocycles. The molecule has 0 aromatic heterocycles. The van der Waals surface area contributed by atoms with Crippen molar-refractivity contribution in [1.82, 2.24) is 0 Å². The Kier molecular flexibility index (Phi) is 2.90. The summed E-state index contributed by atoms with van der Waals surface area (Å²) in [5, 5.41) is 0. The molecule has 0 bridgehead atoms. The Hall–Kier alpha value is 0.440. The standard InChI is InChI=1S/C2BrClF/c3-2(5)1-4. The highest BCUT2D eigenvalue weighted by Crippen LogP contribution is 2.03. The summed E-state index contributed by atoms with van der Waals surface area (Å²) in [5.41, 5.74) is 1.67. The lowest BCUT2D eigenvalue weighted by Gasteiger charge is -1.61. The SMILES string of the molecule is F/C(Br)=[C]/Cl. The van der Waals surface area contributed by atoms with Crippen molar-refractivity contribution in [2.24, 2.45) is 0 Å². The van der Waals surface area contributed by atoms with Gasteiger partial charge in [0.15, 0.2) is 4.74 Å². The molecule has 0 fully saturated rings. The van der Waals surface area contributed by atoms with Gasteiger partial charge in [-0.3, -0.25) is 0 Å². The maximum Gasteiger partial charge on any atom is 0.185 e. The molecule has 0 nitrogen and oxygen atoms in total. The van der Waals surface area contributed by atoms with Crippen molar-refractivity contribution >= 4 is 27.5 Å². The first-order valence-electron chi connectivity index (χ1n) is 0.817. The van der Waals surface area contributed by atoms with E-state index in [1.165, 1.54) is 0 Å². The van der Waals surface area contributed by atoms with Crippen LogP contribution in [-0.2, 0) is 0 Å². The van der Waals surface area contributed by atoms with Gasteiger partial charge in [0.2, 0.25) is 0 Å². The zero-order valence-electron chi connectivity index (χ0n) is 2.13. The van der Waals surface area contributed by atoms with Crippen LogP contribution in [0.3, 0.4) is 0 Å². The quantitative estimate of drug-likeness (QED) is 0.507. The van der Waals surface area contributed by atoms with Crippen molar-refractivity contribution in [2.45, 2.75) is 0 Å². The second kappa shape index (κ2) is 2.67. The van der Waals surface area contributed by atoms with E-state index in [9.17, 15) is 4.39 Å². The van der Waals surface area contributed by atoms with Crippen LogP contribution in [0.1, 0.15) is 0 Å². The number of hydrogen-bond donors (Lipinski definition) is 0. The Labute approximate surface area is 42.8 Å². The van der Waals surface area contributed by atoms with Gasteiger partial charge in [0, 0.05) is 0 Å². The number of rotatable bonds is 0. The highest BCUT2D eigenvalue weighted by atomic mass is 79.9. The van der Waals surface area contributed by atoms with Gasteiger partial charge < -0.3 is 0 Å². The van der Waals surface area contributed by atoms with Gasteiger partial charge in [0.1, 0.15) is 5.54 Å². The third-order valence-electron chi connectivity index (χ3n) is 0.0714. The van der Waals surface area contributed by atoms with E-state index in [-0.39, 0.29) is 0 Å². The summed E-state index contributed by atoms with van der Waals surface area (Å²) in [5.74, 6) is 0. The van der Waals surface area contributed by atoms with Crippen LogP contribution < -0.4 is 0 Å². The van der Waals surface area contributed by atoms with E-state index in [2.05, 4.69) is 27.5 Å². The van der Waals surface area contributed by atoms with Crippen molar-refractivity contribution in [1.29, 1.82) is 0 Å². The summed E-state index contributed by atoms with van der Waals surface area (Å²) in [4.78, 5) is 0. The van der Waals surface area contributed by atoms with Crippen molar-refractivity contribution in [2.75, 3.05) is 0 Å². The van der Waals surface area contributed by atoms with Crippen LogP contribution in [0.4, 0.5) is 4.39 Å².